The third-order valence-electron chi connectivity index (χ3n) is 3.43. The van der Waals surface area contributed by atoms with E-state index in [0.29, 0.717) is 6.04 Å². The molecule has 1 aliphatic carbocycles. The van der Waals surface area contributed by atoms with Crippen LogP contribution in [-0.4, -0.2) is 56.1 Å². The summed E-state index contributed by atoms with van der Waals surface area (Å²) >= 11 is 0. The molecule has 2 atom stereocenters. The minimum Gasteiger partial charge on any atom is -0.328 e. The fourth-order valence-corrected chi connectivity index (χ4v) is 2.42. The monoisotopic (exact) mass is 213 g/mol. The highest BCUT2D eigenvalue weighted by atomic mass is 15.1. The van der Waals surface area contributed by atoms with Gasteiger partial charge in [0.1, 0.15) is 0 Å². The predicted octanol–water partition coefficient (Wildman–Crippen LogP) is 1.14. The van der Waals surface area contributed by atoms with E-state index in [2.05, 4.69) is 30.9 Å². The Morgan fingerprint density at radius 2 is 1.87 bits per heavy atom. The van der Waals surface area contributed by atoms with Crippen molar-refractivity contribution in [3.05, 3.63) is 0 Å². The maximum absolute atomic E-state index is 6.00. The molecular weight excluding hydrogens is 186 g/mol. The molecule has 0 radical (unpaired) electrons. The number of hydrogen-bond donors (Lipinski definition) is 1. The Balaban J connectivity index is 2.17. The van der Waals surface area contributed by atoms with Crippen molar-refractivity contribution in [3.63, 3.8) is 0 Å². The molecule has 0 spiro atoms. The molecule has 2 unspecified atom stereocenters. The van der Waals surface area contributed by atoms with E-state index >= 15 is 0 Å². The van der Waals surface area contributed by atoms with Gasteiger partial charge in [-0.3, -0.25) is 0 Å². The van der Waals surface area contributed by atoms with Gasteiger partial charge in [-0.25, -0.2) is 0 Å². The van der Waals surface area contributed by atoms with Crippen LogP contribution in [0.15, 0.2) is 0 Å². The van der Waals surface area contributed by atoms with E-state index in [0.717, 1.165) is 6.04 Å². The van der Waals surface area contributed by atoms with Crippen LogP contribution in [0.4, 0.5) is 0 Å². The Bertz CT molecular complexity index is 170. The smallest absolute Gasteiger partial charge is 0.0107 e. The molecule has 0 aliphatic heterocycles. The summed E-state index contributed by atoms with van der Waals surface area (Å²) in [6.45, 7) is 2.39. The molecule has 1 fully saturated rings. The summed E-state index contributed by atoms with van der Waals surface area (Å²) in [7, 11) is 6.52. The van der Waals surface area contributed by atoms with Crippen molar-refractivity contribution < 1.29 is 0 Å². The SMILES string of the molecule is CN(C)CCCN(C)C1CCCC(N)C1. The Hall–Kier alpha value is -0.120. The molecule has 0 amide bonds. The lowest BCUT2D eigenvalue weighted by molar-refractivity contribution is 0.174. The fourth-order valence-electron chi connectivity index (χ4n) is 2.42. The van der Waals surface area contributed by atoms with Gasteiger partial charge >= 0.3 is 0 Å². The van der Waals surface area contributed by atoms with Crippen LogP contribution in [0.3, 0.4) is 0 Å². The average Bonchev–Trinajstić information content (AvgIpc) is 2.17. The molecule has 0 aromatic carbocycles. The van der Waals surface area contributed by atoms with E-state index in [9.17, 15) is 0 Å². The highest BCUT2D eigenvalue weighted by Gasteiger charge is 2.21. The van der Waals surface area contributed by atoms with Gasteiger partial charge in [0.05, 0.1) is 0 Å². The minimum atomic E-state index is 0.444. The van der Waals surface area contributed by atoms with Gasteiger partial charge in [0.25, 0.3) is 0 Å². The second-order valence-electron chi connectivity index (χ2n) is 5.22. The highest BCUT2D eigenvalue weighted by molar-refractivity contribution is 4.80. The topological polar surface area (TPSA) is 32.5 Å². The van der Waals surface area contributed by atoms with E-state index in [1.54, 1.807) is 0 Å². The number of rotatable bonds is 5. The van der Waals surface area contributed by atoms with Crippen molar-refractivity contribution in [2.24, 2.45) is 5.73 Å². The van der Waals surface area contributed by atoms with Crippen LogP contribution >= 0.6 is 0 Å². The first-order valence-corrected chi connectivity index (χ1v) is 6.20. The highest BCUT2D eigenvalue weighted by Crippen LogP contribution is 2.21. The first-order chi connectivity index (χ1) is 7.09. The molecule has 0 heterocycles. The number of nitrogens with zero attached hydrogens (tertiary/aromatic N) is 2. The summed E-state index contributed by atoms with van der Waals surface area (Å²) in [6.07, 6.45) is 6.33. The number of nitrogens with two attached hydrogens (primary N) is 1. The first kappa shape index (κ1) is 12.9. The Kier molecular flexibility index (Phi) is 5.58. The van der Waals surface area contributed by atoms with Crippen LogP contribution in [0.1, 0.15) is 32.1 Å². The molecule has 3 nitrogen and oxygen atoms in total. The Labute approximate surface area is 94.6 Å². The maximum atomic E-state index is 6.00. The zero-order chi connectivity index (χ0) is 11.3. The summed E-state index contributed by atoms with van der Waals surface area (Å²) in [5.74, 6) is 0. The van der Waals surface area contributed by atoms with E-state index in [-0.39, 0.29) is 0 Å². The van der Waals surface area contributed by atoms with Crippen LogP contribution in [0.2, 0.25) is 0 Å². The van der Waals surface area contributed by atoms with Crippen LogP contribution in [0.5, 0.6) is 0 Å². The predicted molar refractivity (Wildman–Crippen MR) is 66.0 cm³/mol. The third kappa shape index (κ3) is 4.96. The van der Waals surface area contributed by atoms with Crippen molar-refractivity contribution in [1.82, 2.24) is 9.80 Å². The molecule has 0 saturated heterocycles. The quantitative estimate of drug-likeness (QED) is 0.743. The average molecular weight is 213 g/mol. The van der Waals surface area contributed by atoms with Crippen molar-refractivity contribution >= 4 is 0 Å². The zero-order valence-corrected chi connectivity index (χ0v) is 10.6. The van der Waals surface area contributed by atoms with E-state index in [4.69, 9.17) is 5.73 Å². The molecule has 90 valence electrons. The summed E-state index contributed by atoms with van der Waals surface area (Å²) in [5, 5.41) is 0. The lowest BCUT2D eigenvalue weighted by Gasteiger charge is -2.34. The molecule has 0 bridgehead atoms. The van der Waals surface area contributed by atoms with Crippen LogP contribution < -0.4 is 5.73 Å². The molecule has 1 aliphatic rings. The second kappa shape index (κ2) is 6.46. The van der Waals surface area contributed by atoms with Gasteiger partial charge in [0.2, 0.25) is 0 Å². The Morgan fingerprint density at radius 3 is 2.47 bits per heavy atom. The standard InChI is InChI=1S/C12H27N3/c1-14(2)8-5-9-15(3)12-7-4-6-11(13)10-12/h11-12H,4-10,13H2,1-3H3. The Morgan fingerprint density at radius 1 is 1.13 bits per heavy atom. The number of hydrogen-bond acceptors (Lipinski definition) is 3. The van der Waals surface area contributed by atoms with Gasteiger partial charge in [0.15, 0.2) is 0 Å². The van der Waals surface area contributed by atoms with Crippen molar-refractivity contribution in [1.29, 1.82) is 0 Å². The maximum Gasteiger partial charge on any atom is 0.0107 e. The van der Waals surface area contributed by atoms with Crippen LogP contribution in [-0.2, 0) is 0 Å². The molecule has 2 N–H and O–H groups in total. The molecule has 1 saturated carbocycles. The molecular formula is C12H27N3. The van der Waals surface area contributed by atoms with E-state index < -0.39 is 0 Å². The lowest BCUT2D eigenvalue weighted by Crippen LogP contribution is -2.41. The van der Waals surface area contributed by atoms with Gasteiger partial charge in [-0.05, 0) is 59.9 Å². The van der Waals surface area contributed by atoms with Gasteiger partial charge < -0.3 is 15.5 Å². The van der Waals surface area contributed by atoms with Crippen molar-refractivity contribution in [3.8, 4) is 0 Å². The van der Waals surface area contributed by atoms with E-state index in [1.165, 1.54) is 45.2 Å². The molecule has 0 aromatic heterocycles. The summed E-state index contributed by atoms with van der Waals surface area (Å²) in [4.78, 5) is 4.75. The van der Waals surface area contributed by atoms with Crippen LogP contribution in [0, 0.1) is 0 Å². The van der Waals surface area contributed by atoms with Gasteiger partial charge in [-0.2, -0.15) is 0 Å². The largest absolute Gasteiger partial charge is 0.328 e. The third-order valence-corrected chi connectivity index (χ3v) is 3.43. The molecule has 15 heavy (non-hydrogen) atoms. The normalized spacial score (nSPS) is 27.6. The van der Waals surface area contributed by atoms with E-state index in [1.807, 2.05) is 0 Å². The molecule has 3 heteroatoms. The van der Waals surface area contributed by atoms with Crippen molar-refractivity contribution in [2.75, 3.05) is 34.2 Å². The van der Waals surface area contributed by atoms with Gasteiger partial charge in [-0.15, -0.1) is 0 Å². The summed E-state index contributed by atoms with van der Waals surface area (Å²) in [5.41, 5.74) is 6.00. The first-order valence-electron chi connectivity index (χ1n) is 6.20. The van der Waals surface area contributed by atoms with Gasteiger partial charge in [-0.1, -0.05) is 6.42 Å². The summed E-state index contributed by atoms with van der Waals surface area (Å²) < 4.78 is 0. The van der Waals surface area contributed by atoms with Gasteiger partial charge in [0, 0.05) is 12.1 Å². The second-order valence-corrected chi connectivity index (χ2v) is 5.22. The zero-order valence-electron chi connectivity index (χ0n) is 10.6. The summed E-state index contributed by atoms with van der Waals surface area (Å²) in [6, 6.07) is 1.18. The minimum absolute atomic E-state index is 0.444. The lowest BCUT2D eigenvalue weighted by atomic mass is 9.91. The molecule has 1 rings (SSSR count). The molecule has 0 aromatic rings. The van der Waals surface area contributed by atoms with Crippen molar-refractivity contribution in [2.45, 2.75) is 44.2 Å². The fraction of sp³-hybridized carbons (Fsp3) is 1.00. The van der Waals surface area contributed by atoms with Crippen LogP contribution in [0.25, 0.3) is 0 Å².